The molecule has 2 aromatic carbocycles. The van der Waals surface area contributed by atoms with Gasteiger partial charge in [0.15, 0.2) is 6.10 Å². The highest BCUT2D eigenvalue weighted by molar-refractivity contribution is 6.32. The summed E-state index contributed by atoms with van der Waals surface area (Å²) >= 11 is 6.11. The van der Waals surface area contributed by atoms with Crippen LogP contribution in [0.15, 0.2) is 36.4 Å². The number of nitrogens with one attached hydrogen (secondary N) is 1. The lowest BCUT2D eigenvalue weighted by atomic mass is 10.1. The first-order valence-electron chi connectivity index (χ1n) is 7.35. The van der Waals surface area contributed by atoms with Crippen LogP contribution >= 0.6 is 11.6 Å². The Hall–Kier alpha value is -2.53. The van der Waals surface area contributed by atoms with Gasteiger partial charge in [0.2, 0.25) is 0 Å². The molecule has 0 saturated carbocycles. The predicted octanol–water partition coefficient (Wildman–Crippen LogP) is 4.06. The minimum atomic E-state index is -1.02. The van der Waals surface area contributed by atoms with Crippen molar-refractivity contribution >= 4 is 29.2 Å². The fourth-order valence-corrected chi connectivity index (χ4v) is 2.28. The van der Waals surface area contributed by atoms with E-state index in [9.17, 15) is 9.59 Å². The summed E-state index contributed by atoms with van der Waals surface area (Å²) in [5.41, 5.74) is 2.42. The first kappa shape index (κ1) is 17.8. The van der Waals surface area contributed by atoms with Crippen molar-refractivity contribution in [2.24, 2.45) is 0 Å². The maximum atomic E-state index is 12.2. The second-order valence-electron chi connectivity index (χ2n) is 5.50. The Kier molecular flexibility index (Phi) is 5.46. The molecule has 0 heterocycles. The quantitative estimate of drug-likeness (QED) is 0.855. The minimum Gasteiger partial charge on any atom is -0.481 e. The number of rotatable bonds is 5. The number of carbonyl (C=O) groups excluding carboxylic acids is 1. The smallest absolute Gasteiger partial charge is 0.335 e. The number of ether oxygens (including phenoxy) is 1. The van der Waals surface area contributed by atoms with Crippen LogP contribution in [0.3, 0.4) is 0 Å². The second kappa shape index (κ2) is 7.36. The summed E-state index contributed by atoms with van der Waals surface area (Å²) in [4.78, 5) is 23.0. The molecule has 0 bridgehead atoms. The standard InChI is InChI=1S/C18H18ClNO4/c1-10-8-15(9-11(2)16(10)19)24-12(3)17(21)20-14-6-4-13(5-7-14)18(22)23/h4-9,12H,1-3H3,(H,20,21)(H,22,23). The normalized spacial score (nSPS) is 11.7. The van der Waals surface area contributed by atoms with Gasteiger partial charge in [-0.1, -0.05) is 11.6 Å². The molecule has 1 unspecified atom stereocenters. The van der Waals surface area contributed by atoms with Gasteiger partial charge in [0.05, 0.1) is 5.56 Å². The molecule has 0 aliphatic rings. The number of anilines is 1. The average Bonchev–Trinajstić information content (AvgIpc) is 2.52. The molecule has 126 valence electrons. The average molecular weight is 348 g/mol. The van der Waals surface area contributed by atoms with E-state index in [1.165, 1.54) is 24.3 Å². The molecular weight excluding hydrogens is 330 g/mol. The molecule has 1 amide bonds. The van der Waals surface area contributed by atoms with Crippen LogP contribution in [0.5, 0.6) is 5.75 Å². The summed E-state index contributed by atoms with van der Waals surface area (Å²) < 4.78 is 5.66. The lowest BCUT2D eigenvalue weighted by molar-refractivity contribution is -0.122. The van der Waals surface area contributed by atoms with E-state index in [2.05, 4.69) is 5.32 Å². The molecule has 0 aliphatic carbocycles. The van der Waals surface area contributed by atoms with E-state index < -0.39 is 12.1 Å². The van der Waals surface area contributed by atoms with Crippen molar-refractivity contribution in [2.75, 3.05) is 5.32 Å². The number of hydrogen-bond acceptors (Lipinski definition) is 3. The Balaban J connectivity index is 2.03. The zero-order valence-electron chi connectivity index (χ0n) is 13.6. The van der Waals surface area contributed by atoms with Crippen molar-refractivity contribution in [3.05, 3.63) is 58.1 Å². The minimum absolute atomic E-state index is 0.157. The molecule has 0 spiro atoms. The third-order valence-corrected chi connectivity index (χ3v) is 4.09. The number of amides is 1. The van der Waals surface area contributed by atoms with Gasteiger partial charge in [-0.15, -0.1) is 0 Å². The van der Waals surface area contributed by atoms with E-state index in [-0.39, 0.29) is 11.5 Å². The SMILES string of the molecule is Cc1cc(OC(C)C(=O)Nc2ccc(C(=O)O)cc2)cc(C)c1Cl. The lowest BCUT2D eigenvalue weighted by Gasteiger charge is -2.16. The van der Waals surface area contributed by atoms with E-state index in [0.717, 1.165) is 11.1 Å². The number of hydrogen-bond donors (Lipinski definition) is 2. The molecule has 2 N–H and O–H groups in total. The summed E-state index contributed by atoms with van der Waals surface area (Å²) in [6.07, 6.45) is -0.718. The van der Waals surface area contributed by atoms with Gasteiger partial charge in [0.1, 0.15) is 5.75 Å². The van der Waals surface area contributed by atoms with Crippen molar-refractivity contribution in [2.45, 2.75) is 26.9 Å². The summed E-state index contributed by atoms with van der Waals surface area (Å²) in [6, 6.07) is 9.47. The Morgan fingerprint density at radius 3 is 2.17 bits per heavy atom. The highest BCUT2D eigenvalue weighted by Gasteiger charge is 2.16. The summed E-state index contributed by atoms with van der Waals surface area (Å²) in [6.45, 7) is 5.38. The summed E-state index contributed by atoms with van der Waals surface area (Å²) in [7, 11) is 0. The molecule has 0 radical (unpaired) electrons. The number of benzene rings is 2. The van der Waals surface area contributed by atoms with Gasteiger partial charge in [0.25, 0.3) is 5.91 Å². The predicted molar refractivity (Wildman–Crippen MR) is 93.0 cm³/mol. The molecule has 0 fully saturated rings. The molecule has 0 aliphatic heterocycles. The van der Waals surface area contributed by atoms with Crippen molar-refractivity contribution in [1.82, 2.24) is 0 Å². The highest BCUT2D eigenvalue weighted by atomic mass is 35.5. The topological polar surface area (TPSA) is 75.6 Å². The van der Waals surface area contributed by atoms with Crippen LogP contribution in [-0.2, 0) is 4.79 Å². The highest BCUT2D eigenvalue weighted by Crippen LogP contribution is 2.26. The fraction of sp³-hybridized carbons (Fsp3) is 0.222. The molecule has 1 atom stereocenters. The van der Waals surface area contributed by atoms with Crippen LogP contribution in [0.1, 0.15) is 28.4 Å². The van der Waals surface area contributed by atoms with E-state index in [4.69, 9.17) is 21.4 Å². The fourth-order valence-electron chi connectivity index (χ4n) is 2.17. The lowest BCUT2D eigenvalue weighted by Crippen LogP contribution is -2.30. The van der Waals surface area contributed by atoms with E-state index >= 15 is 0 Å². The zero-order valence-corrected chi connectivity index (χ0v) is 14.3. The first-order chi connectivity index (χ1) is 11.3. The van der Waals surface area contributed by atoms with Crippen LogP contribution in [-0.4, -0.2) is 23.1 Å². The van der Waals surface area contributed by atoms with Crippen LogP contribution in [0.2, 0.25) is 5.02 Å². The van der Waals surface area contributed by atoms with Gasteiger partial charge < -0.3 is 15.2 Å². The first-order valence-corrected chi connectivity index (χ1v) is 7.73. The van der Waals surface area contributed by atoms with Gasteiger partial charge in [-0.3, -0.25) is 4.79 Å². The molecule has 2 aromatic rings. The third kappa shape index (κ3) is 4.26. The number of aryl methyl sites for hydroxylation is 2. The van der Waals surface area contributed by atoms with Crippen LogP contribution in [0.4, 0.5) is 5.69 Å². The molecule has 0 aromatic heterocycles. The molecule has 0 saturated heterocycles. The van der Waals surface area contributed by atoms with Crippen molar-refractivity contribution in [3.8, 4) is 5.75 Å². The molecule has 24 heavy (non-hydrogen) atoms. The number of aromatic carboxylic acids is 1. The summed E-state index contributed by atoms with van der Waals surface area (Å²) in [5, 5.41) is 12.2. The molecule has 5 nitrogen and oxygen atoms in total. The van der Waals surface area contributed by atoms with Gasteiger partial charge in [0, 0.05) is 10.7 Å². The van der Waals surface area contributed by atoms with Gasteiger partial charge >= 0.3 is 5.97 Å². The number of carboxylic acids is 1. The van der Waals surface area contributed by atoms with E-state index in [1.54, 1.807) is 19.1 Å². The van der Waals surface area contributed by atoms with E-state index in [0.29, 0.717) is 16.5 Å². The maximum Gasteiger partial charge on any atom is 0.335 e. The molecular formula is C18H18ClNO4. The number of halogens is 1. The Bertz CT molecular complexity index is 748. The van der Waals surface area contributed by atoms with Crippen LogP contribution < -0.4 is 10.1 Å². The largest absolute Gasteiger partial charge is 0.481 e. The van der Waals surface area contributed by atoms with Crippen LogP contribution in [0, 0.1) is 13.8 Å². The summed E-state index contributed by atoms with van der Waals surface area (Å²) in [5.74, 6) is -0.778. The Morgan fingerprint density at radius 1 is 1.12 bits per heavy atom. The van der Waals surface area contributed by atoms with E-state index in [1.807, 2.05) is 13.8 Å². The van der Waals surface area contributed by atoms with Crippen molar-refractivity contribution in [1.29, 1.82) is 0 Å². The van der Waals surface area contributed by atoms with Gasteiger partial charge in [-0.25, -0.2) is 4.79 Å². The van der Waals surface area contributed by atoms with Crippen LogP contribution in [0.25, 0.3) is 0 Å². The maximum absolute atomic E-state index is 12.2. The van der Waals surface area contributed by atoms with Gasteiger partial charge in [-0.2, -0.15) is 0 Å². The second-order valence-corrected chi connectivity index (χ2v) is 5.88. The number of carboxylic acid groups (broad SMARTS) is 1. The Morgan fingerprint density at radius 2 is 1.67 bits per heavy atom. The Labute approximate surface area is 145 Å². The third-order valence-electron chi connectivity index (χ3n) is 3.49. The van der Waals surface area contributed by atoms with Gasteiger partial charge in [-0.05, 0) is 68.3 Å². The monoisotopic (exact) mass is 347 g/mol. The zero-order chi connectivity index (χ0) is 17.9. The molecule has 2 rings (SSSR count). The van der Waals surface area contributed by atoms with Crippen molar-refractivity contribution < 1.29 is 19.4 Å². The number of carbonyl (C=O) groups is 2. The molecule has 6 heteroatoms. The van der Waals surface area contributed by atoms with Crippen molar-refractivity contribution in [3.63, 3.8) is 0 Å².